The Kier molecular flexibility index (Phi) is 3.78. The van der Waals surface area contributed by atoms with Crippen LogP contribution in [0.3, 0.4) is 0 Å². The fourth-order valence-electron chi connectivity index (χ4n) is 2.71. The number of carboxylic acid groups (broad SMARTS) is 1. The van der Waals surface area contributed by atoms with Crippen LogP contribution >= 0.6 is 0 Å². The van der Waals surface area contributed by atoms with Gasteiger partial charge in [0.15, 0.2) is 0 Å². The van der Waals surface area contributed by atoms with Crippen molar-refractivity contribution in [3.05, 3.63) is 59.3 Å². The first kappa shape index (κ1) is 16.0. The summed E-state index contributed by atoms with van der Waals surface area (Å²) in [6.45, 7) is 0. The van der Waals surface area contributed by atoms with Crippen LogP contribution in [0.1, 0.15) is 11.1 Å². The number of anilines is 2. The number of primary sulfonamides is 1. The van der Waals surface area contributed by atoms with Crippen molar-refractivity contribution in [2.24, 2.45) is 5.14 Å². The van der Waals surface area contributed by atoms with E-state index in [4.69, 9.17) is 10.9 Å². The van der Waals surface area contributed by atoms with Crippen LogP contribution in [-0.4, -0.2) is 19.5 Å². The van der Waals surface area contributed by atoms with Crippen LogP contribution in [-0.2, 0) is 21.2 Å². The number of allylic oxidation sites excluding steroid dienone is 1. The van der Waals surface area contributed by atoms with Crippen LogP contribution in [0.4, 0.5) is 11.4 Å². The van der Waals surface area contributed by atoms with Crippen LogP contribution in [0.15, 0.2) is 53.1 Å². The minimum Gasteiger partial charge on any atom is -0.477 e. The smallest absolute Gasteiger partial charge is 0.352 e. The van der Waals surface area contributed by atoms with E-state index in [-0.39, 0.29) is 16.3 Å². The van der Waals surface area contributed by atoms with Gasteiger partial charge in [0.05, 0.1) is 5.69 Å². The Balaban J connectivity index is 2.13. The lowest BCUT2D eigenvalue weighted by atomic mass is 9.92. The maximum absolute atomic E-state index is 11.6. The first-order valence-electron chi connectivity index (χ1n) is 7.01. The van der Waals surface area contributed by atoms with Crippen molar-refractivity contribution < 1.29 is 18.3 Å². The Labute approximate surface area is 138 Å². The zero-order valence-corrected chi connectivity index (χ0v) is 13.3. The predicted octanol–water partition coefficient (Wildman–Crippen LogP) is 1.38. The number of rotatable bonds is 3. The molecule has 0 bridgehead atoms. The summed E-state index contributed by atoms with van der Waals surface area (Å²) in [5, 5.41) is 17.5. The molecule has 0 aliphatic carbocycles. The second-order valence-corrected chi connectivity index (χ2v) is 6.95. The molecule has 3 rings (SSSR count). The molecular formula is C16H15N3O4S. The Bertz CT molecular complexity index is 981. The molecule has 1 aliphatic rings. The van der Waals surface area contributed by atoms with Crippen molar-refractivity contribution in [1.29, 1.82) is 0 Å². The minimum absolute atomic E-state index is 0.0221. The molecule has 0 amide bonds. The summed E-state index contributed by atoms with van der Waals surface area (Å²) in [4.78, 5) is 11.4. The van der Waals surface area contributed by atoms with E-state index >= 15 is 0 Å². The van der Waals surface area contributed by atoms with Crippen LogP contribution in [0.25, 0.3) is 5.57 Å². The highest BCUT2D eigenvalue weighted by Gasteiger charge is 2.24. The molecule has 124 valence electrons. The summed E-state index contributed by atoms with van der Waals surface area (Å²) in [7, 11) is -3.93. The van der Waals surface area contributed by atoms with Crippen LogP contribution < -0.4 is 16.2 Å². The predicted molar refractivity (Wildman–Crippen MR) is 90.6 cm³/mol. The van der Waals surface area contributed by atoms with Gasteiger partial charge in [0, 0.05) is 12.1 Å². The van der Waals surface area contributed by atoms with Crippen molar-refractivity contribution in [3.63, 3.8) is 0 Å². The maximum Gasteiger partial charge on any atom is 0.352 e. The molecular weight excluding hydrogens is 330 g/mol. The van der Waals surface area contributed by atoms with Crippen molar-refractivity contribution in [3.8, 4) is 0 Å². The van der Waals surface area contributed by atoms with E-state index in [1.165, 1.54) is 18.2 Å². The van der Waals surface area contributed by atoms with Gasteiger partial charge >= 0.3 is 5.97 Å². The number of para-hydroxylation sites is 1. The quantitative estimate of drug-likeness (QED) is 0.621. The third-order valence-electron chi connectivity index (χ3n) is 3.82. The Hall–Kier alpha value is -2.84. The van der Waals surface area contributed by atoms with Crippen LogP contribution in [0.2, 0.25) is 0 Å². The molecule has 8 heteroatoms. The monoisotopic (exact) mass is 345 g/mol. The first-order chi connectivity index (χ1) is 11.3. The normalized spacial score (nSPS) is 14.0. The fraction of sp³-hybridized carbons (Fsp3) is 0.0625. The lowest BCUT2D eigenvalue weighted by Gasteiger charge is -2.23. The largest absolute Gasteiger partial charge is 0.477 e. The van der Waals surface area contributed by atoms with E-state index < -0.39 is 16.0 Å². The highest BCUT2D eigenvalue weighted by atomic mass is 32.2. The molecule has 0 spiro atoms. The summed E-state index contributed by atoms with van der Waals surface area (Å²) >= 11 is 0. The zero-order valence-electron chi connectivity index (χ0n) is 12.5. The van der Waals surface area contributed by atoms with Gasteiger partial charge in [0.25, 0.3) is 0 Å². The molecule has 2 aromatic carbocycles. The van der Waals surface area contributed by atoms with Crippen LogP contribution in [0, 0.1) is 0 Å². The first-order valence-corrected chi connectivity index (χ1v) is 8.56. The third-order valence-corrected chi connectivity index (χ3v) is 4.81. The SMILES string of the molecule is Nc1cc(C2=C(C(=O)O)Nc3ccccc3C2)ccc1S(N)(=O)=O. The highest BCUT2D eigenvalue weighted by molar-refractivity contribution is 7.89. The Morgan fingerprint density at radius 3 is 2.50 bits per heavy atom. The van der Waals surface area contributed by atoms with E-state index in [2.05, 4.69) is 5.32 Å². The number of hydrogen-bond acceptors (Lipinski definition) is 5. The average Bonchev–Trinajstić information content (AvgIpc) is 2.52. The number of nitrogens with two attached hydrogens (primary N) is 2. The third kappa shape index (κ3) is 2.84. The Morgan fingerprint density at radius 1 is 1.17 bits per heavy atom. The number of aliphatic carboxylic acids is 1. The number of nitrogens with one attached hydrogen (secondary N) is 1. The van der Waals surface area contributed by atoms with E-state index in [0.29, 0.717) is 17.6 Å². The van der Waals surface area contributed by atoms with Gasteiger partial charge in [-0.1, -0.05) is 24.3 Å². The second kappa shape index (κ2) is 5.66. The lowest BCUT2D eigenvalue weighted by Crippen LogP contribution is -2.19. The molecule has 1 aliphatic heterocycles. The average molecular weight is 345 g/mol. The van der Waals surface area contributed by atoms with Gasteiger partial charge in [-0.2, -0.15) is 0 Å². The summed E-state index contributed by atoms with van der Waals surface area (Å²) in [5.41, 5.74) is 8.51. The van der Waals surface area contributed by atoms with E-state index in [1.807, 2.05) is 18.2 Å². The van der Waals surface area contributed by atoms with E-state index in [0.717, 1.165) is 11.3 Å². The highest BCUT2D eigenvalue weighted by Crippen LogP contribution is 2.34. The van der Waals surface area contributed by atoms with Gasteiger partial charge in [0.2, 0.25) is 10.0 Å². The number of carbonyl (C=O) groups is 1. The number of carboxylic acids is 1. The van der Waals surface area contributed by atoms with Gasteiger partial charge in [-0.05, 0) is 34.9 Å². The summed E-state index contributed by atoms with van der Waals surface area (Å²) in [6.07, 6.45) is 0.388. The molecule has 2 aromatic rings. The molecule has 0 fully saturated rings. The number of hydrogen-bond donors (Lipinski definition) is 4. The molecule has 0 radical (unpaired) electrons. The number of sulfonamides is 1. The molecule has 0 saturated heterocycles. The topological polar surface area (TPSA) is 136 Å². The molecule has 1 heterocycles. The van der Waals surface area contributed by atoms with E-state index in [1.54, 1.807) is 6.07 Å². The van der Waals surface area contributed by atoms with Gasteiger partial charge in [-0.15, -0.1) is 0 Å². The molecule has 6 N–H and O–H groups in total. The summed E-state index contributed by atoms with van der Waals surface area (Å²) in [5.74, 6) is -1.10. The number of fused-ring (bicyclic) bond motifs is 1. The van der Waals surface area contributed by atoms with Crippen molar-refractivity contribution in [2.45, 2.75) is 11.3 Å². The molecule has 0 atom stereocenters. The van der Waals surface area contributed by atoms with Gasteiger partial charge in [-0.3, -0.25) is 0 Å². The number of benzene rings is 2. The molecule has 7 nitrogen and oxygen atoms in total. The Morgan fingerprint density at radius 2 is 1.88 bits per heavy atom. The zero-order chi connectivity index (χ0) is 17.5. The van der Waals surface area contributed by atoms with Crippen molar-refractivity contribution in [1.82, 2.24) is 0 Å². The molecule has 0 unspecified atom stereocenters. The molecule has 0 aromatic heterocycles. The standard InChI is InChI=1S/C16H15N3O4S/c17-12-8-9(5-6-14(12)24(18,22)23)11-7-10-3-1-2-4-13(10)19-15(11)16(20)21/h1-6,8,19H,7,17H2,(H,20,21)(H2,18,22,23). The van der Waals surface area contributed by atoms with Gasteiger partial charge < -0.3 is 16.2 Å². The van der Waals surface area contributed by atoms with E-state index in [9.17, 15) is 18.3 Å². The summed E-state index contributed by atoms with van der Waals surface area (Å²) < 4.78 is 22.9. The maximum atomic E-state index is 11.6. The van der Waals surface area contributed by atoms with Crippen LogP contribution in [0.5, 0.6) is 0 Å². The van der Waals surface area contributed by atoms with Crippen molar-refractivity contribution in [2.75, 3.05) is 11.1 Å². The second-order valence-electron chi connectivity index (χ2n) is 5.42. The number of nitrogen functional groups attached to an aromatic ring is 1. The van der Waals surface area contributed by atoms with Crippen molar-refractivity contribution >= 4 is 32.9 Å². The van der Waals surface area contributed by atoms with Gasteiger partial charge in [-0.25, -0.2) is 18.4 Å². The lowest BCUT2D eigenvalue weighted by molar-refractivity contribution is -0.132. The molecule has 24 heavy (non-hydrogen) atoms. The molecule has 0 saturated carbocycles. The van der Waals surface area contributed by atoms with Gasteiger partial charge in [0.1, 0.15) is 10.6 Å². The minimum atomic E-state index is -3.93. The summed E-state index contributed by atoms with van der Waals surface area (Å²) in [6, 6.07) is 11.6. The fourth-order valence-corrected chi connectivity index (χ4v) is 3.35.